The lowest BCUT2D eigenvalue weighted by atomic mass is 9.85. The first-order valence-electron chi connectivity index (χ1n) is 7.92. The molecule has 0 fully saturated rings. The van der Waals surface area contributed by atoms with Gasteiger partial charge in [-0.25, -0.2) is 0 Å². The van der Waals surface area contributed by atoms with E-state index in [1.807, 2.05) is 11.9 Å². The molecule has 0 rings (SSSR count). The van der Waals surface area contributed by atoms with Gasteiger partial charge in [0.1, 0.15) is 0 Å². The van der Waals surface area contributed by atoms with Crippen LogP contribution in [-0.2, 0) is 4.79 Å². The van der Waals surface area contributed by atoms with Crippen LogP contribution < -0.4 is 0 Å². The molecular weight excluding hydrogens is 234 g/mol. The maximum absolute atomic E-state index is 12.4. The van der Waals surface area contributed by atoms with Crippen molar-refractivity contribution in [2.75, 3.05) is 13.6 Å². The summed E-state index contributed by atoms with van der Waals surface area (Å²) in [5.41, 5.74) is -0.207. The summed E-state index contributed by atoms with van der Waals surface area (Å²) in [6.45, 7) is 13.9. The first-order chi connectivity index (χ1) is 8.66. The van der Waals surface area contributed by atoms with E-state index >= 15 is 0 Å². The summed E-state index contributed by atoms with van der Waals surface area (Å²) in [6, 6.07) is 0. The number of hydrogen-bond acceptors (Lipinski definition) is 1. The molecule has 0 saturated carbocycles. The zero-order chi connectivity index (χ0) is 15.1. The Labute approximate surface area is 120 Å². The van der Waals surface area contributed by atoms with Gasteiger partial charge in [0.05, 0.1) is 0 Å². The summed E-state index contributed by atoms with van der Waals surface area (Å²) in [5.74, 6) is 1.63. The average molecular weight is 269 g/mol. The fraction of sp³-hybridized carbons (Fsp3) is 0.941. The second kappa shape index (κ2) is 8.60. The van der Waals surface area contributed by atoms with Crippen molar-refractivity contribution in [3.63, 3.8) is 0 Å². The highest BCUT2D eigenvalue weighted by molar-refractivity contribution is 5.81. The Hall–Kier alpha value is -0.530. The van der Waals surface area contributed by atoms with Crippen molar-refractivity contribution in [1.82, 2.24) is 4.90 Å². The quantitative estimate of drug-likeness (QED) is 0.554. The number of nitrogens with zero attached hydrogens (tertiary/aromatic N) is 1. The molecular formula is C17H35NO. The Kier molecular flexibility index (Phi) is 8.36. The van der Waals surface area contributed by atoms with Crippen molar-refractivity contribution >= 4 is 5.91 Å². The van der Waals surface area contributed by atoms with Crippen molar-refractivity contribution in [3.05, 3.63) is 0 Å². The van der Waals surface area contributed by atoms with Crippen LogP contribution in [-0.4, -0.2) is 24.4 Å². The van der Waals surface area contributed by atoms with Gasteiger partial charge in [-0.3, -0.25) is 4.79 Å². The number of hydrogen-bond donors (Lipinski definition) is 0. The largest absolute Gasteiger partial charge is 0.345 e. The smallest absolute Gasteiger partial charge is 0.227 e. The first kappa shape index (κ1) is 18.5. The zero-order valence-corrected chi connectivity index (χ0v) is 14.3. The Morgan fingerprint density at radius 2 is 1.58 bits per heavy atom. The van der Waals surface area contributed by atoms with E-state index in [2.05, 4.69) is 41.5 Å². The van der Waals surface area contributed by atoms with Crippen LogP contribution in [0.3, 0.4) is 0 Å². The summed E-state index contributed by atoms with van der Waals surface area (Å²) in [5, 5.41) is 0. The summed E-state index contributed by atoms with van der Waals surface area (Å²) >= 11 is 0. The number of amides is 1. The molecule has 0 radical (unpaired) electrons. The lowest BCUT2D eigenvalue weighted by molar-refractivity contribution is -0.139. The van der Waals surface area contributed by atoms with Crippen LogP contribution in [0.1, 0.15) is 73.6 Å². The monoisotopic (exact) mass is 269 g/mol. The number of rotatable bonds is 9. The molecule has 0 heterocycles. The fourth-order valence-electron chi connectivity index (χ4n) is 2.55. The predicted molar refractivity (Wildman–Crippen MR) is 84.2 cm³/mol. The molecule has 2 heteroatoms. The second-order valence-electron chi connectivity index (χ2n) is 7.46. The van der Waals surface area contributed by atoms with Gasteiger partial charge in [-0.05, 0) is 18.3 Å². The van der Waals surface area contributed by atoms with E-state index in [0.717, 1.165) is 18.9 Å². The molecule has 2 nitrogen and oxygen atoms in total. The third-order valence-electron chi connectivity index (χ3n) is 3.65. The van der Waals surface area contributed by atoms with Crippen molar-refractivity contribution in [3.8, 4) is 0 Å². The van der Waals surface area contributed by atoms with Crippen LogP contribution in [0.25, 0.3) is 0 Å². The molecule has 19 heavy (non-hydrogen) atoms. The minimum atomic E-state index is -0.207. The van der Waals surface area contributed by atoms with Crippen LogP contribution >= 0.6 is 0 Å². The number of unbranched alkanes of at least 4 members (excludes halogenated alkanes) is 2. The van der Waals surface area contributed by atoms with Crippen molar-refractivity contribution < 1.29 is 4.79 Å². The molecule has 0 aromatic rings. The molecule has 0 aliphatic carbocycles. The lowest BCUT2D eigenvalue weighted by Crippen LogP contribution is -2.40. The van der Waals surface area contributed by atoms with Gasteiger partial charge in [0.2, 0.25) is 5.91 Å². The van der Waals surface area contributed by atoms with Crippen molar-refractivity contribution in [1.29, 1.82) is 0 Å². The minimum absolute atomic E-state index is 0.207. The molecule has 0 aliphatic heterocycles. The molecule has 0 N–H and O–H groups in total. The molecule has 0 aromatic carbocycles. The highest BCUT2D eigenvalue weighted by Gasteiger charge is 2.29. The first-order valence-corrected chi connectivity index (χ1v) is 7.92. The Bertz CT molecular complexity index is 256. The van der Waals surface area contributed by atoms with E-state index in [1.54, 1.807) is 0 Å². The van der Waals surface area contributed by atoms with Gasteiger partial charge in [0.15, 0.2) is 0 Å². The zero-order valence-electron chi connectivity index (χ0n) is 14.3. The van der Waals surface area contributed by atoms with Crippen LogP contribution in [0.4, 0.5) is 0 Å². The van der Waals surface area contributed by atoms with Gasteiger partial charge in [0.25, 0.3) is 0 Å². The lowest BCUT2D eigenvalue weighted by Gasteiger charge is -2.30. The molecule has 0 aromatic heterocycles. The van der Waals surface area contributed by atoms with E-state index in [1.165, 1.54) is 25.7 Å². The second-order valence-corrected chi connectivity index (χ2v) is 7.46. The van der Waals surface area contributed by atoms with Crippen molar-refractivity contribution in [2.24, 2.45) is 17.3 Å². The summed E-state index contributed by atoms with van der Waals surface area (Å²) in [4.78, 5) is 14.3. The molecule has 114 valence electrons. The predicted octanol–water partition coefficient (Wildman–Crippen LogP) is 4.73. The van der Waals surface area contributed by atoms with Gasteiger partial charge < -0.3 is 4.90 Å². The third kappa shape index (κ3) is 8.28. The van der Waals surface area contributed by atoms with Crippen LogP contribution in [0.5, 0.6) is 0 Å². The fourth-order valence-corrected chi connectivity index (χ4v) is 2.55. The third-order valence-corrected chi connectivity index (χ3v) is 3.65. The highest BCUT2D eigenvalue weighted by atomic mass is 16.2. The Morgan fingerprint density at radius 1 is 1.00 bits per heavy atom. The maximum Gasteiger partial charge on any atom is 0.227 e. The molecule has 0 spiro atoms. The van der Waals surface area contributed by atoms with Gasteiger partial charge in [-0.2, -0.15) is 0 Å². The SMILES string of the molecule is CC(C)CCCCCC(C)(C)C(=O)N(C)CC(C)C. The van der Waals surface area contributed by atoms with Gasteiger partial charge in [0, 0.05) is 19.0 Å². The maximum atomic E-state index is 12.4. The van der Waals surface area contributed by atoms with Gasteiger partial charge >= 0.3 is 0 Å². The highest BCUT2D eigenvalue weighted by Crippen LogP contribution is 2.27. The van der Waals surface area contributed by atoms with Crippen molar-refractivity contribution in [2.45, 2.75) is 73.6 Å². The molecule has 0 bridgehead atoms. The van der Waals surface area contributed by atoms with E-state index in [4.69, 9.17) is 0 Å². The van der Waals surface area contributed by atoms with Gasteiger partial charge in [-0.1, -0.05) is 67.2 Å². The average Bonchev–Trinajstić information content (AvgIpc) is 2.25. The van der Waals surface area contributed by atoms with E-state index in [-0.39, 0.29) is 5.41 Å². The Balaban J connectivity index is 4.05. The summed E-state index contributed by atoms with van der Waals surface area (Å²) in [7, 11) is 1.93. The molecule has 0 saturated heterocycles. The topological polar surface area (TPSA) is 20.3 Å². The molecule has 1 amide bonds. The minimum Gasteiger partial charge on any atom is -0.345 e. The van der Waals surface area contributed by atoms with Crippen LogP contribution in [0.2, 0.25) is 0 Å². The van der Waals surface area contributed by atoms with Crippen LogP contribution in [0, 0.1) is 17.3 Å². The van der Waals surface area contributed by atoms with Crippen LogP contribution in [0.15, 0.2) is 0 Å². The number of carbonyl (C=O) groups excluding carboxylic acids is 1. The molecule has 0 aliphatic rings. The summed E-state index contributed by atoms with van der Waals surface area (Å²) in [6.07, 6.45) is 6.03. The number of carbonyl (C=O) groups is 1. The van der Waals surface area contributed by atoms with E-state index in [9.17, 15) is 4.79 Å². The molecule has 0 atom stereocenters. The normalized spacial score (nSPS) is 12.3. The molecule has 0 unspecified atom stereocenters. The Morgan fingerprint density at radius 3 is 2.05 bits per heavy atom. The van der Waals surface area contributed by atoms with Gasteiger partial charge in [-0.15, -0.1) is 0 Å². The van der Waals surface area contributed by atoms with E-state index < -0.39 is 0 Å². The summed E-state index contributed by atoms with van der Waals surface area (Å²) < 4.78 is 0. The standard InChI is InChI=1S/C17H35NO/c1-14(2)11-9-8-10-12-17(5,6)16(19)18(7)13-15(3)4/h14-15H,8-13H2,1-7H3. The van der Waals surface area contributed by atoms with E-state index in [0.29, 0.717) is 11.8 Å².